The summed E-state index contributed by atoms with van der Waals surface area (Å²) in [5.74, 6) is 0. The van der Waals surface area contributed by atoms with Gasteiger partial charge in [0.05, 0.1) is 12.0 Å². The zero-order chi connectivity index (χ0) is 8.72. The SMILES string of the molecule is CC1=C2N=CN(C)C(O)C2N=C1. The van der Waals surface area contributed by atoms with Crippen molar-refractivity contribution in [3.63, 3.8) is 0 Å². The van der Waals surface area contributed by atoms with Crippen LogP contribution >= 0.6 is 0 Å². The molecule has 0 aromatic carbocycles. The third kappa shape index (κ3) is 0.881. The van der Waals surface area contributed by atoms with Gasteiger partial charge in [0, 0.05) is 13.3 Å². The normalized spacial score (nSPS) is 33.1. The van der Waals surface area contributed by atoms with Gasteiger partial charge in [0.15, 0.2) is 6.23 Å². The van der Waals surface area contributed by atoms with E-state index in [0.29, 0.717) is 0 Å². The van der Waals surface area contributed by atoms with Gasteiger partial charge in [0.1, 0.15) is 6.04 Å². The van der Waals surface area contributed by atoms with Crippen LogP contribution in [-0.4, -0.2) is 41.9 Å². The summed E-state index contributed by atoms with van der Waals surface area (Å²) in [6, 6.07) is -0.181. The molecule has 0 saturated carbocycles. The maximum Gasteiger partial charge on any atom is 0.155 e. The van der Waals surface area contributed by atoms with Crippen molar-refractivity contribution >= 4 is 12.6 Å². The van der Waals surface area contributed by atoms with Crippen LogP contribution in [0.2, 0.25) is 0 Å². The smallest absolute Gasteiger partial charge is 0.155 e. The van der Waals surface area contributed by atoms with Crippen LogP contribution in [0.25, 0.3) is 0 Å². The monoisotopic (exact) mass is 165 g/mol. The largest absolute Gasteiger partial charge is 0.371 e. The van der Waals surface area contributed by atoms with Crippen molar-refractivity contribution in [1.29, 1.82) is 0 Å². The van der Waals surface area contributed by atoms with Gasteiger partial charge in [0.25, 0.3) is 0 Å². The number of fused-ring (bicyclic) bond motifs is 1. The van der Waals surface area contributed by atoms with Crippen molar-refractivity contribution in [2.45, 2.75) is 19.2 Å². The predicted molar refractivity (Wildman–Crippen MR) is 47.2 cm³/mol. The summed E-state index contributed by atoms with van der Waals surface area (Å²) in [6.45, 7) is 1.95. The lowest BCUT2D eigenvalue weighted by atomic mass is 10.1. The Morgan fingerprint density at radius 2 is 2.33 bits per heavy atom. The summed E-state index contributed by atoms with van der Waals surface area (Å²) >= 11 is 0. The highest BCUT2D eigenvalue weighted by molar-refractivity contribution is 5.83. The maximum absolute atomic E-state index is 9.65. The number of rotatable bonds is 0. The molecule has 2 unspecified atom stereocenters. The van der Waals surface area contributed by atoms with Gasteiger partial charge in [-0.2, -0.15) is 0 Å². The number of aliphatic hydroxyl groups excluding tert-OH is 1. The second-order valence-electron chi connectivity index (χ2n) is 3.11. The highest BCUT2D eigenvalue weighted by atomic mass is 16.3. The van der Waals surface area contributed by atoms with E-state index < -0.39 is 6.23 Å². The van der Waals surface area contributed by atoms with Crippen molar-refractivity contribution in [2.75, 3.05) is 7.05 Å². The molecule has 0 fully saturated rings. The molecular weight excluding hydrogens is 154 g/mol. The molecule has 64 valence electrons. The first-order valence-electron chi connectivity index (χ1n) is 3.88. The minimum atomic E-state index is -0.564. The van der Waals surface area contributed by atoms with E-state index in [0.717, 1.165) is 11.3 Å². The van der Waals surface area contributed by atoms with Crippen LogP contribution < -0.4 is 0 Å². The molecule has 2 aliphatic heterocycles. The lowest BCUT2D eigenvalue weighted by Gasteiger charge is -2.29. The Balaban J connectivity index is 2.40. The van der Waals surface area contributed by atoms with Crippen molar-refractivity contribution in [3.8, 4) is 0 Å². The van der Waals surface area contributed by atoms with Crippen LogP contribution in [0.1, 0.15) is 6.92 Å². The van der Waals surface area contributed by atoms with Crippen LogP contribution in [0.15, 0.2) is 21.3 Å². The molecule has 2 rings (SSSR count). The molecule has 1 N–H and O–H groups in total. The summed E-state index contributed by atoms with van der Waals surface area (Å²) in [5.41, 5.74) is 1.93. The number of hydrogen-bond donors (Lipinski definition) is 1. The zero-order valence-electron chi connectivity index (χ0n) is 7.10. The number of hydrogen-bond acceptors (Lipinski definition) is 4. The van der Waals surface area contributed by atoms with Gasteiger partial charge in [0.2, 0.25) is 0 Å². The van der Waals surface area contributed by atoms with Crippen LogP contribution in [0.3, 0.4) is 0 Å². The molecule has 0 aromatic heterocycles. The fraction of sp³-hybridized carbons (Fsp3) is 0.500. The Labute approximate surface area is 70.9 Å². The van der Waals surface area contributed by atoms with Crippen molar-refractivity contribution in [2.24, 2.45) is 9.98 Å². The van der Waals surface area contributed by atoms with Gasteiger partial charge in [-0.3, -0.25) is 4.99 Å². The zero-order valence-corrected chi connectivity index (χ0v) is 7.10. The molecule has 12 heavy (non-hydrogen) atoms. The first kappa shape index (κ1) is 7.49. The third-order valence-electron chi connectivity index (χ3n) is 2.19. The van der Waals surface area contributed by atoms with E-state index in [1.54, 1.807) is 24.5 Å². The topological polar surface area (TPSA) is 48.2 Å². The summed E-state index contributed by atoms with van der Waals surface area (Å²) in [7, 11) is 1.79. The van der Waals surface area contributed by atoms with E-state index in [2.05, 4.69) is 9.98 Å². The Bertz CT molecular complexity index is 293. The fourth-order valence-electron chi connectivity index (χ4n) is 1.40. The third-order valence-corrected chi connectivity index (χ3v) is 2.19. The lowest BCUT2D eigenvalue weighted by Crippen LogP contribution is -2.42. The number of nitrogens with zero attached hydrogens (tertiary/aromatic N) is 3. The molecule has 2 atom stereocenters. The molecule has 2 heterocycles. The Kier molecular flexibility index (Phi) is 1.51. The molecule has 0 spiro atoms. The molecule has 0 amide bonds. The van der Waals surface area contributed by atoms with E-state index in [4.69, 9.17) is 0 Å². The van der Waals surface area contributed by atoms with Crippen LogP contribution in [-0.2, 0) is 0 Å². The van der Waals surface area contributed by atoms with Crippen LogP contribution in [0.4, 0.5) is 0 Å². The predicted octanol–water partition coefficient (Wildman–Crippen LogP) is 0.00550. The molecule has 0 radical (unpaired) electrons. The van der Waals surface area contributed by atoms with Crippen molar-refractivity contribution in [1.82, 2.24) is 4.90 Å². The van der Waals surface area contributed by atoms with E-state index in [-0.39, 0.29) is 6.04 Å². The van der Waals surface area contributed by atoms with E-state index in [9.17, 15) is 5.11 Å². The molecule has 4 nitrogen and oxygen atoms in total. The first-order chi connectivity index (χ1) is 5.70. The minimum Gasteiger partial charge on any atom is -0.371 e. The Hall–Kier alpha value is -1.16. The van der Waals surface area contributed by atoms with Crippen LogP contribution in [0, 0.1) is 0 Å². The van der Waals surface area contributed by atoms with Gasteiger partial charge in [-0.05, 0) is 12.5 Å². The van der Waals surface area contributed by atoms with Gasteiger partial charge in [-0.1, -0.05) is 0 Å². The number of aliphatic imine (C=N–C) groups is 2. The van der Waals surface area contributed by atoms with Gasteiger partial charge >= 0.3 is 0 Å². The van der Waals surface area contributed by atoms with Gasteiger partial charge in [-0.15, -0.1) is 0 Å². The molecule has 2 aliphatic rings. The molecule has 0 aromatic rings. The van der Waals surface area contributed by atoms with E-state index in [1.165, 1.54) is 0 Å². The molecular formula is C8H11N3O. The highest BCUT2D eigenvalue weighted by Crippen LogP contribution is 2.25. The fourth-order valence-corrected chi connectivity index (χ4v) is 1.40. The Morgan fingerprint density at radius 3 is 3.08 bits per heavy atom. The molecule has 4 heteroatoms. The van der Waals surface area contributed by atoms with Crippen LogP contribution in [0.5, 0.6) is 0 Å². The van der Waals surface area contributed by atoms with E-state index >= 15 is 0 Å². The van der Waals surface area contributed by atoms with Crippen molar-refractivity contribution in [3.05, 3.63) is 11.3 Å². The first-order valence-corrected chi connectivity index (χ1v) is 3.88. The number of likely N-dealkylation sites (N-methyl/N-ethyl adjacent to an activating group) is 1. The van der Waals surface area contributed by atoms with Gasteiger partial charge < -0.3 is 10.0 Å². The standard InChI is InChI=1S/C8H11N3O/c1-5-3-9-7-6(5)10-4-11(2)8(7)12/h3-4,7-8,12H,1-2H3. The lowest BCUT2D eigenvalue weighted by molar-refractivity contribution is 0.0547. The quantitative estimate of drug-likeness (QED) is 0.549. The van der Waals surface area contributed by atoms with E-state index in [1.807, 2.05) is 6.92 Å². The summed E-state index contributed by atoms with van der Waals surface area (Å²) < 4.78 is 0. The second kappa shape index (κ2) is 2.42. The summed E-state index contributed by atoms with van der Waals surface area (Å²) in [6.07, 6.45) is 2.83. The number of aliphatic hydroxyl groups is 1. The molecule has 0 aliphatic carbocycles. The molecule has 0 bridgehead atoms. The maximum atomic E-state index is 9.65. The summed E-state index contributed by atoms with van der Waals surface area (Å²) in [5, 5.41) is 9.65. The second-order valence-corrected chi connectivity index (χ2v) is 3.11. The van der Waals surface area contributed by atoms with Gasteiger partial charge in [-0.25, -0.2) is 4.99 Å². The number of allylic oxidation sites excluding steroid dienone is 1. The molecule has 0 saturated heterocycles. The van der Waals surface area contributed by atoms with Crippen molar-refractivity contribution < 1.29 is 5.11 Å². The highest BCUT2D eigenvalue weighted by Gasteiger charge is 2.31. The average molecular weight is 165 g/mol. The Morgan fingerprint density at radius 1 is 1.58 bits per heavy atom. The average Bonchev–Trinajstić information content (AvgIpc) is 2.41. The summed E-state index contributed by atoms with van der Waals surface area (Å²) in [4.78, 5) is 10.0. The minimum absolute atomic E-state index is 0.181.